The van der Waals surface area contributed by atoms with Crippen LogP contribution >= 0.6 is 0 Å². The van der Waals surface area contributed by atoms with E-state index < -0.39 is 0 Å². The molecule has 4 rings (SSSR count). The number of benzene rings is 1. The van der Waals surface area contributed by atoms with E-state index in [1.54, 1.807) is 34.1 Å². The quantitative estimate of drug-likeness (QED) is 0.656. The Morgan fingerprint density at radius 2 is 1.75 bits per heavy atom. The Bertz CT molecular complexity index is 975. The second-order valence-electron chi connectivity index (χ2n) is 6.78. The number of aromatic nitrogens is 4. The van der Waals surface area contributed by atoms with E-state index in [2.05, 4.69) is 27.2 Å². The lowest BCUT2D eigenvalue weighted by atomic mass is 10.2. The van der Waals surface area contributed by atoms with Gasteiger partial charge in [0.2, 0.25) is 5.91 Å². The molecular formula is C20H22N6O2. The largest absolute Gasteiger partial charge is 0.339 e. The number of carbonyl (C=O) groups is 1. The lowest BCUT2D eigenvalue weighted by Gasteiger charge is -2.34. The van der Waals surface area contributed by atoms with Gasteiger partial charge in [-0.25, -0.2) is 9.36 Å². The van der Waals surface area contributed by atoms with Crippen LogP contribution in [-0.2, 0) is 17.9 Å². The van der Waals surface area contributed by atoms with E-state index in [1.807, 2.05) is 18.2 Å². The van der Waals surface area contributed by atoms with Gasteiger partial charge in [0.25, 0.3) is 5.56 Å². The highest BCUT2D eigenvalue weighted by Crippen LogP contribution is 2.09. The number of amides is 1. The van der Waals surface area contributed by atoms with E-state index in [-0.39, 0.29) is 18.0 Å². The van der Waals surface area contributed by atoms with Gasteiger partial charge in [0.05, 0.1) is 0 Å². The van der Waals surface area contributed by atoms with Gasteiger partial charge in [-0.05, 0) is 17.7 Å². The van der Waals surface area contributed by atoms with Gasteiger partial charge in [-0.3, -0.25) is 14.5 Å². The molecule has 2 aromatic heterocycles. The predicted molar refractivity (Wildman–Crippen MR) is 104 cm³/mol. The summed E-state index contributed by atoms with van der Waals surface area (Å²) in [6, 6.07) is 15.1. The number of hydrogen-bond donors (Lipinski definition) is 0. The minimum absolute atomic E-state index is 0.0629. The molecule has 1 amide bonds. The Kier molecular flexibility index (Phi) is 5.29. The van der Waals surface area contributed by atoms with Crippen LogP contribution in [0.2, 0.25) is 0 Å². The summed E-state index contributed by atoms with van der Waals surface area (Å²) in [6.45, 7) is 3.76. The number of nitrogens with zero attached hydrogens (tertiary/aromatic N) is 6. The van der Waals surface area contributed by atoms with Crippen molar-refractivity contribution < 1.29 is 4.79 Å². The number of hydrogen-bond acceptors (Lipinski definition) is 5. The highest BCUT2D eigenvalue weighted by Gasteiger charge is 2.22. The first-order valence-electron chi connectivity index (χ1n) is 9.31. The number of piperazine rings is 1. The Labute approximate surface area is 162 Å². The first-order valence-corrected chi connectivity index (χ1v) is 9.31. The minimum atomic E-state index is -0.299. The predicted octanol–water partition coefficient (Wildman–Crippen LogP) is 0.773. The Balaban J connectivity index is 1.36. The minimum Gasteiger partial charge on any atom is -0.339 e. The van der Waals surface area contributed by atoms with Gasteiger partial charge in [0.15, 0.2) is 5.82 Å². The van der Waals surface area contributed by atoms with Gasteiger partial charge in [0, 0.05) is 51.2 Å². The average Bonchev–Trinajstić information content (AvgIpc) is 3.26. The van der Waals surface area contributed by atoms with Crippen LogP contribution in [0, 0.1) is 0 Å². The van der Waals surface area contributed by atoms with Crippen molar-refractivity contribution >= 4 is 5.91 Å². The van der Waals surface area contributed by atoms with Gasteiger partial charge < -0.3 is 4.90 Å². The molecule has 8 nitrogen and oxygen atoms in total. The van der Waals surface area contributed by atoms with Gasteiger partial charge in [0.1, 0.15) is 6.54 Å². The molecule has 1 aliphatic rings. The average molecular weight is 378 g/mol. The van der Waals surface area contributed by atoms with Crippen molar-refractivity contribution in [1.29, 1.82) is 0 Å². The second-order valence-corrected chi connectivity index (χ2v) is 6.78. The zero-order valence-corrected chi connectivity index (χ0v) is 15.5. The molecule has 0 atom stereocenters. The summed E-state index contributed by atoms with van der Waals surface area (Å²) in [5, 5.41) is 8.37. The normalized spacial score (nSPS) is 14.9. The lowest BCUT2D eigenvalue weighted by molar-refractivity contribution is -0.133. The summed E-state index contributed by atoms with van der Waals surface area (Å²) >= 11 is 0. The van der Waals surface area contributed by atoms with Crippen LogP contribution in [0.1, 0.15) is 5.56 Å². The van der Waals surface area contributed by atoms with Crippen molar-refractivity contribution in [3.8, 4) is 5.82 Å². The van der Waals surface area contributed by atoms with Crippen LogP contribution in [-0.4, -0.2) is 61.4 Å². The van der Waals surface area contributed by atoms with Crippen molar-refractivity contribution in [2.75, 3.05) is 26.2 Å². The zero-order chi connectivity index (χ0) is 19.3. The first kappa shape index (κ1) is 18.1. The van der Waals surface area contributed by atoms with Crippen LogP contribution in [0.25, 0.3) is 5.82 Å². The molecule has 0 aliphatic carbocycles. The maximum atomic E-state index is 12.7. The Morgan fingerprint density at radius 3 is 2.46 bits per heavy atom. The summed E-state index contributed by atoms with van der Waals surface area (Å²) in [5.74, 6) is 0.414. The van der Waals surface area contributed by atoms with E-state index in [0.29, 0.717) is 18.9 Å². The third-order valence-corrected chi connectivity index (χ3v) is 4.85. The van der Waals surface area contributed by atoms with Crippen LogP contribution in [0.3, 0.4) is 0 Å². The highest BCUT2D eigenvalue weighted by molar-refractivity contribution is 5.76. The van der Waals surface area contributed by atoms with Crippen LogP contribution in [0.5, 0.6) is 0 Å². The zero-order valence-electron chi connectivity index (χ0n) is 15.5. The van der Waals surface area contributed by atoms with Gasteiger partial charge in [-0.2, -0.15) is 5.10 Å². The molecule has 1 saturated heterocycles. The fourth-order valence-electron chi connectivity index (χ4n) is 3.30. The topological polar surface area (TPSA) is 76.3 Å². The molecule has 3 heterocycles. The molecule has 144 valence electrons. The van der Waals surface area contributed by atoms with Crippen molar-refractivity contribution in [2.24, 2.45) is 0 Å². The monoisotopic (exact) mass is 378 g/mol. The third-order valence-electron chi connectivity index (χ3n) is 4.85. The summed E-state index contributed by atoms with van der Waals surface area (Å²) in [7, 11) is 0. The fourth-order valence-corrected chi connectivity index (χ4v) is 3.30. The maximum absolute atomic E-state index is 12.7. The highest BCUT2D eigenvalue weighted by atomic mass is 16.2. The van der Waals surface area contributed by atoms with Crippen molar-refractivity contribution in [1.82, 2.24) is 29.4 Å². The van der Waals surface area contributed by atoms with Crippen molar-refractivity contribution in [2.45, 2.75) is 13.1 Å². The smallest absolute Gasteiger partial charge is 0.267 e. The second kappa shape index (κ2) is 8.18. The summed E-state index contributed by atoms with van der Waals surface area (Å²) < 4.78 is 2.76. The van der Waals surface area contributed by atoms with Crippen molar-refractivity contribution in [3.63, 3.8) is 0 Å². The Morgan fingerprint density at radius 1 is 0.964 bits per heavy atom. The van der Waals surface area contributed by atoms with Gasteiger partial charge in [-0.15, -0.1) is 5.10 Å². The third kappa shape index (κ3) is 4.17. The van der Waals surface area contributed by atoms with Gasteiger partial charge >= 0.3 is 0 Å². The van der Waals surface area contributed by atoms with E-state index in [1.165, 1.54) is 16.3 Å². The van der Waals surface area contributed by atoms with E-state index in [4.69, 9.17) is 0 Å². The first-order chi connectivity index (χ1) is 13.7. The molecule has 0 spiro atoms. The molecule has 0 radical (unpaired) electrons. The molecular weight excluding hydrogens is 356 g/mol. The molecule has 28 heavy (non-hydrogen) atoms. The molecule has 0 saturated carbocycles. The molecule has 0 bridgehead atoms. The molecule has 1 aromatic carbocycles. The molecule has 8 heteroatoms. The molecule has 0 N–H and O–H groups in total. The van der Waals surface area contributed by atoms with Gasteiger partial charge in [-0.1, -0.05) is 30.3 Å². The van der Waals surface area contributed by atoms with E-state index >= 15 is 0 Å². The lowest BCUT2D eigenvalue weighted by Crippen LogP contribution is -2.49. The van der Waals surface area contributed by atoms with Crippen LogP contribution in [0.15, 0.2) is 65.7 Å². The summed E-state index contributed by atoms with van der Waals surface area (Å²) in [6.07, 6.45) is 3.38. The summed E-state index contributed by atoms with van der Waals surface area (Å²) in [5.41, 5.74) is 0.973. The van der Waals surface area contributed by atoms with Crippen LogP contribution < -0.4 is 5.56 Å². The molecule has 1 aliphatic heterocycles. The maximum Gasteiger partial charge on any atom is 0.267 e. The number of carbonyl (C=O) groups excluding carboxylic acids is 1. The molecule has 1 fully saturated rings. The summed E-state index contributed by atoms with van der Waals surface area (Å²) in [4.78, 5) is 28.9. The van der Waals surface area contributed by atoms with Crippen molar-refractivity contribution in [3.05, 3.63) is 76.8 Å². The standard InChI is InChI=1S/C20H22N6O2/c27-19-8-7-18(25-10-4-9-21-25)22-26(19)16-20(28)24-13-11-23(12-14-24)15-17-5-2-1-3-6-17/h1-10H,11-16H2. The SMILES string of the molecule is O=C(Cn1nc(-n2cccn2)ccc1=O)N1CCN(Cc2ccccc2)CC1. The van der Waals surface area contributed by atoms with E-state index in [0.717, 1.165) is 19.6 Å². The number of rotatable bonds is 5. The van der Waals surface area contributed by atoms with Crippen LogP contribution in [0.4, 0.5) is 0 Å². The molecule has 0 unspecified atom stereocenters. The van der Waals surface area contributed by atoms with E-state index in [9.17, 15) is 9.59 Å². The Hall–Kier alpha value is -3.26. The fraction of sp³-hybridized carbons (Fsp3) is 0.300. The molecule has 3 aromatic rings.